The van der Waals surface area contributed by atoms with Gasteiger partial charge in [0.1, 0.15) is 5.75 Å². The minimum atomic E-state index is -0.367. The summed E-state index contributed by atoms with van der Waals surface area (Å²) in [7, 11) is 1.49. The molecule has 2 aromatic carbocycles. The Morgan fingerprint density at radius 1 is 1.10 bits per heavy atom. The fourth-order valence-corrected chi connectivity index (χ4v) is 2.59. The van der Waals surface area contributed by atoms with Gasteiger partial charge in [-0.3, -0.25) is 4.79 Å². The lowest BCUT2D eigenvalue weighted by Gasteiger charge is -2.11. The van der Waals surface area contributed by atoms with Crippen LogP contribution >= 0.6 is 34.8 Å². The Labute approximate surface area is 131 Å². The lowest BCUT2D eigenvalue weighted by atomic mass is 10.2. The molecule has 0 unspecified atom stereocenters. The van der Waals surface area contributed by atoms with E-state index in [1.54, 1.807) is 24.3 Å². The average molecular weight is 331 g/mol. The van der Waals surface area contributed by atoms with Crippen molar-refractivity contribution in [1.82, 2.24) is 0 Å². The van der Waals surface area contributed by atoms with E-state index in [1.165, 1.54) is 19.2 Å². The third kappa shape index (κ3) is 3.18. The van der Waals surface area contributed by atoms with Crippen LogP contribution < -0.4 is 10.1 Å². The van der Waals surface area contributed by atoms with Crippen LogP contribution in [0.25, 0.3) is 0 Å². The summed E-state index contributed by atoms with van der Waals surface area (Å²) in [5.74, 6) is 0.0970. The normalized spacial score (nSPS) is 10.2. The molecule has 0 aliphatic heterocycles. The Hall–Kier alpha value is -1.42. The van der Waals surface area contributed by atoms with Crippen LogP contribution in [0.15, 0.2) is 36.4 Å². The van der Waals surface area contributed by atoms with E-state index in [2.05, 4.69) is 5.32 Å². The lowest BCUT2D eigenvalue weighted by Crippen LogP contribution is -2.13. The molecule has 0 atom stereocenters. The number of para-hydroxylation sites is 1. The Morgan fingerprint density at radius 3 is 2.30 bits per heavy atom. The predicted molar refractivity (Wildman–Crippen MR) is 82.4 cm³/mol. The van der Waals surface area contributed by atoms with Crippen molar-refractivity contribution in [3.63, 3.8) is 0 Å². The molecule has 3 nitrogen and oxygen atoms in total. The lowest BCUT2D eigenvalue weighted by molar-refractivity contribution is 0.102. The summed E-state index contributed by atoms with van der Waals surface area (Å²) in [6, 6.07) is 9.87. The van der Waals surface area contributed by atoms with Gasteiger partial charge in [-0.1, -0.05) is 46.9 Å². The van der Waals surface area contributed by atoms with Crippen molar-refractivity contribution >= 4 is 46.4 Å². The monoisotopic (exact) mass is 329 g/mol. The summed E-state index contributed by atoms with van der Waals surface area (Å²) >= 11 is 17.9. The van der Waals surface area contributed by atoms with E-state index in [0.717, 1.165) is 0 Å². The first-order valence-electron chi connectivity index (χ1n) is 5.62. The van der Waals surface area contributed by atoms with Gasteiger partial charge >= 0.3 is 0 Å². The van der Waals surface area contributed by atoms with Gasteiger partial charge in [0.05, 0.1) is 28.4 Å². The molecule has 6 heteroatoms. The van der Waals surface area contributed by atoms with Crippen molar-refractivity contribution in [2.75, 3.05) is 12.4 Å². The highest BCUT2D eigenvalue weighted by Gasteiger charge is 2.15. The number of amides is 1. The van der Waals surface area contributed by atoms with Crippen LogP contribution in [0.5, 0.6) is 5.75 Å². The molecule has 2 aromatic rings. The molecule has 0 heterocycles. The number of anilines is 1. The highest BCUT2D eigenvalue weighted by atomic mass is 35.5. The smallest absolute Gasteiger partial charge is 0.259 e. The zero-order chi connectivity index (χ0) is 14.7. The minimum Gasteiger partial charge on any atom is -0.496 e. The molecule has 0 saturated heterocycles. The number of methoxy groups -OCH3 is 1. The van der Waals surface area contributed by atoms with Gasteiger partial charge in [0, 0.05) is 5.02 Å². The number of rotatable bonds is 3. The zero-order valence-corrected chi connectivity index (χ0v) is 12.7. The SMILES string of the molecule is COc1ccccc1C(=O)Nc1c(Cl)cc(Cl)cc1Cl. The van der Waals surface area contributed by atoms with Crippen molar-refractivity contribution in [3.05, 3.63) is 57.0 Å². The van der Waals surface area contributed by atoms with Gasteiger partial charge in [-0.05, 0) is 24.3 Å². The first kappa shape index (κ1) is 15.0. The average Bonchev–Trinajstić information content (AvgIpc) is 2.42. The first-order valence-corrected chi connectivity index (χ1v) is 6.75. The van der Waals surface area contributed by atoms with Gasteiger partial charge in [-0.2, -0.15) is 0 Å². The Balaban J connectivity index is 2.33. The van der Waals surface area contributed by atoms with Crippen LogP contribution in [-0.4, -0.2) is 13.0 Å². The topological polar surface area (TPSA) is 38.3 Å². The summed E-state index contributed by atoms with van der Waals surface area (Å²) in [6.07, 6.45) is 0. The largest absolute Gasteiger partial charge is 0.496 e. The van der Waals surface area contributed by atoms with E-state index in [1.807, 2.05) is 0 Å². The van der Waals surface area contributed by atoms with E-state index >= 15 is 0 Å². The van der Waals surface area contributed by atoms with Gasteiger partial charge in [0.15, 0.2) is 0 Å². The summed E-state index contributed by atoms with van der Waals surface area (Å²) < 4.78 is 5.14. The van der Waals surface area contributed by atoms with Crippen molar-refractivity contribution in [1.29, 1.82) is 0 Å². The molecule has 0 aliphatic carbocycles. The second-order valence-corrected chi connectivity index (χ2v) is 5.15. The predicted octanol–water partition coefficient (Wildman–Crippen LogP) is 4.91. The maximum Gasteiger partial charge on any atom is 0.259 e. The zero-order valence-electron chi connectivity index (χ0n) is 10.4. The summed E-state index contributed by atoms with van der Waals surface area (Å²) in [5.41, 5.74) is 0.700. The molecule has 20 heavy (non-hydrogen) atoms. The van der Waals surface area contributed by atoms with E-state index in [0.29, 0.717) is 22.0 Å². The van der Waals surface area contributed by atoms with Gasteiger partial charge in [0.2, 0.25) is 0 Å². The molecule has 1 N–H and O–H groups in total. The Kier molecular flexibility index (Phi) is 4.76. The molecule has 0 aliphatic rings. The van der Waals surface area contributed by atoms with Gasteiger partial charge in [0.25, 0.3) is 5.91 Å². The molecule has 0 radical (unpaired) electrons. The van der Waals surface area contributed by atoms with Crippen LogP contribution in [0.1, 0.15) is 10.4 Å². The third-order valence-electron chi connectivity index (χ3n) is 2.60. The molecular weight excluding hydrogens is 321 g/mol. The van der Waals surface area contributed by atoms with Crippen LogP contribution in [0.3, 0.4) is 0 Å². The van der Waals surface area contributed by atoms with Crippen LogP contribution in [-0.2, 0) is 0 Å². The van der Waals surface area contributed by atoms with E-state index < -0.39 is 0 Å². The van der Waals surface area contributed by atoms with Crippen LogP contribution in [0.2, 0.25) is 15.1 Å². The van der Waals surface area contributed by atoms with Crippen molar-refractivity contribution in [2.24, 2.45) is 0 Å². The number of carbonyl (C=O) groups is 1. The molecule has 0 aromatic heterocycles. The van der Waals surface area contributed by atoms with Crippen LogP contribution in [0.4, 0.5) is 5.69 Å². The second-order valence-electron chi connectivity index (χ2n) is 3.90. The summed E-state index contributed by atoms with van der Waals surface area (Å²) in [5, 5.41) is 3.59. The summed E-state index contributed by atoms with van der Waals surface area (Å²) in [6.45, 7) is 0. The molecular formula is C14H10Cl3NO2. The molecule has 0 fully saturated rings. The van der Waals surface area contributed by atoms with Crippen molar-refractivity contribution in [3.8, 4) is 5.75 Å². The first-order chi connectivity index (χ1) is 9.52. The van der Waals surface area contributed by atoms with E-state index in [9.17, 15) is 4.79 Å². The van der Waals surface area contributed by atoms with Gasteiger partial charge < -0.3 is 10.1 Å². The highest BCUT2D eigenvalue weighted by molar-refractivity contribution is 6.42. The van der Waals surface area contributed by atoms with Crippen LogP contribution in [0, 0.1) is 0 Å². The third-order valence-corrected chi connectivity index (χ3v) is 3.41. The highest BCUT2D eigenvalue weighted by Crippen LogP contribution is 2.34. The quantitative estimate of drug-likeness (QED) is 0.868. The number of halogens is 3. The molecule has 0 bridgehead atoms. The number of nitrogens with one attached hydrogen (secondary N) is 1. The maximum absolute atomic E-state index is 12.2. The maximum atomic E-state index is 12.2. The fourth-order valence-electron chi connectivity index (χ4n) is 1.67. The fraction of sp³-hybridized carbons (Fsp3) is 0.0714. The molecule has 0 spiro atoms. The van der Waals surface area contributed by atoms with E-state index in [4.69, 9.17) is 39.5 Å². The summed E-state index contributed by atoms with van der Waals surface area (Å²) in [4.78, 5) is 12.2. The van der Waals surface area contributed by atoms with E-state index in [-0.39, 0.29) is 16.0 Å². The molecule has 2 rings (SSSR count). The number of carbonyl (C=O) groups excluding carboxylic acids is 1. The number of hydrogen-bond donors (Lipinski definition) is 1. The van der Waals surface area contributed by atoms with Crippen molar-refractivity contribution in [2.45, 2.75) is 0 Å². The standard InChI is InChI=1S/C14H10Cl3NO2/c1-20-12-5-3-2-4-9(12)14(19)18-13-10(16)6-8(15)7-11(13)17/h2-7H,1H3,(H,18,19). The molecule has 0 saturated carbocycles. The number of ether oxygens (including phenoxy) is 1. The Bertz CT molecular complexity index is 636. The Morgan fingerprint density at radius 2 is 1.70 bits per heavy atom. The van der Waals surface area contributed by atoms with Gasteiger partial charge in [-0.15, -0.1) is 0 Å². The van der Waals surface area contributed by atoms with Crippen molar-refractivity contribution < 1.29 is 9.53 Å². The number of benzene rings is 2. The molecule has 104 valence electrons. The van der Waals surface area contributed by atoms with Gasteiger partial charge in [-0.25, -0.2) is 0 Å². The second kappa shape index (κ2) is 6.35. The number of hydrogen-bond acceptors (Lipinski definition) is 2. The minimum absolute atomic E-state index is 0.269. The molecule has 1 amide bonds.